The lowest BCUT2D eigenvalue weighted by Crippen LogP contribution is -2.31. The molecule has 0 fully saturated rings. The zero-order valence-corrected chi connectivity index (χ0v) is 12.5. The molecule has 24 heavy (non-hydrogen) atoms. The Hall–Kier alpha value is -3.22. The van der Waals surface area contributed by atoms with E-state index in [-0.39, 0.29) is 11.4 Å². The van der Waals surface area contributed by atoms with Crippen LogP contribution in [0.25, 0.3) is 0 Å². The molecule has 0 saturated carbocycles. The lowest BCUT2D eigenvalue weighted by Gasteiger charge is -2.15. The van der Waals surface area contributed by atoms with E-state index in [4.69, 9.17) is 5.11 Å². The van der Waals surface area contributed by atoms with Crippen LogP contribution in [-0.4, -0.2) is 16.9 Å². The number of anilines is 2. The second-order valence-corrected chi connectivity index (χ2v) is 5.29. The Balaban J connectivity index is 1.86. The third-order valence-electron chi connectivity index (χ3n) is 3.51. The van der Waals surface area contributed by atoms with Crippen LogP contribution in [0.3, 0.4) is 0 Å². The van der Waals surface area contributed by atoms with E-state index in [0.717, 1.165) is 28.7 Å². The molecule has 3 rings (SSSR count). The lowest BCUT2D eigenvalue weighted by molar-refractivity contribution is -0.120. The average molecular weight is 330 g/mol. The number of halogens is 2. The fourth-order valence-corrected chi connectivity index (χ4v) is 2.29. The van der Waals surface area contributed by atoms with E-state index in [1.165, 1.54) is 0 Å². The van der Waals surface area contributed by atoms with E-state index in [9.17, 15) is 18.4 Å². The predicted molar refractivity (Wildman–Crippen MR) is 83.4 cm³/mol. The molecule has 0 spiro atoms. The quantitative estimate of drug-likeness (QED) is 0.671. The molecule has 2 amide bonds. The number of rotatable bonds is 3. The van der Waals surface area contributed by atoms with E-state index in [2.05, 4.69) is 5.32 Å². The summed E-state index contributed by atoms with van der Waals surface area (Å²) in [5.74, 6) is -4.66. The first-order valence-electron chi connectivity index (χ1n) is 6.98. The predicted octanol–water partition coefficient (Wildman–Crippen LogP) is 2.85. The number of nitrogens with one attached hydrogen (secondary N) is 1. The first-order valence-corrected chi connectivity index (χ1v) is 6.98. The van der Waals surface area contributed by atoms with Crippen LogP contribution in [0.5, 0.6) is 5.75 Å². The number of amides is 2. The minimum Gasteiger partial charge on any atom is -0.503 e. The molecular formula is C17H12F2N2O3. The van der Waals surface area contributed by atoms with Crippen molar-refractivity contribution in [2.24, 2.45) is 0 Å². The highest BCUT2D eigenvalue weighted by Gasteiger charge is 2.32. The van der Waals surface area contributed by atoms with Gasteiger partial charge in [0.15, 0.2) is 17.4 Å². The number of aryl methyl sites for hydroxylation is 1. The number of nitrogens with zero attached hydrogens (tertiary/aromatic N) is 1. The van der Waals surface area contributed by atoms with Gasteiger partial charge in [-0.15, -0.1) is 0 Å². The van der Waals surface area contributed by atoms with Crippen molar-refractivity contribution in [1.82, 2.24) is 0 Å². The zero-order chi connectivity index (χ0) is 17.4. The Morgan fingerprint density at radius 1 is 1.04 bits per heavy atom. The molecule has 2 aromatic carbocycles. The molecule has 0 aliphatic carbocycles. The first-order chi connectivity index (χ1) is 11.4. The van der Waals surface area contributed by atoms with Crippen LogP contribution in [0.2, 0.25) is 0 Å². The van der Waals surface area contributed by atoms with Crippen molar-refractivity contribution in [2.75, 3.05) is 10.2 Å². The topological polar surface area (TPSA) is 69.6 Å². The number of hydrogen-bond donors (Lipinski definition) is 2. The van der Waals surface area contributed by atoms with Gasteiger partial charge >= 0.3 is 0 Å². The fourth-order valence-electron chi connectivity index (χ4n) is 2.29. The zero-order valence-electron chi connectivity index (χ0n) is 12.5. The highest BCUT2D eigenvalue weighted by molar-refractivity contribution is 6.31. The fraction of sp³-hybridized carbons (Fsp3) is 0.0588. The van der Waals surface area contributed by atoms with Gasteiger partial charge in [0.1, 0.15) is 5.70 Å². The number of phenols is 1. The summed E-state index contributed by atoms with van der Waals surface area (Å²) >= 11 is 0. The number of phenolic OH excluding ortho intramolecular Hbond substituents is 1. The minimum atomic E-state index is -1.18. The third-order valence-corrected chi connectivity index (χ3v) is 3.51. The van der Waals surface area contributed by atoms with Crippen LogP contribution >= 0.6 is 0 Å². The molecule has 7 heteroatoms. The summed E-state index contributed by atoms with van der Waals surface area (Å²) < 4.78 is 26.7. The molecule has 0 radical (unpaired) electrons. The van der Waals surface area contributed by atoms with Gasteiger partial charge in [0, 0.05) is 23.9 Å². The van der Waals surface area contributed by atoms with Crippen LogP contribution in [-0.2, 0) is 9.59 Å². The maximum absolute atomic E-state index is 13.4. The van der Waals surface area contributed by atoms with Crippen LogP contribution < -0.4 is 10.2 Å². The Labute approximate surface area is 135 Å². The average Bonchev–Trinajstić information content (AvgIpc) is 2.80. The van der Waals surface area contributed by atoms with Gasteiger partial charge in [-0.3, -0.25) is 9.59 Å². The number of hydrogen-bond acceptors (Lipinski definition) is 4. The molecule has 1 aliphatic rings. The largest absolute Gasteiger partial charge is 0.503 e. The van der Waals surface area contributed by atoms with Gasteiger partial charge in [0.05, 0.1) is 5.69 Å². The summed E-state index contributed by atoms with van der Waals surface area (Å²) in [6, 6.07) is 8.42. The number of aromatic hydroxyl groups is 1. The maximum atomic E-state index is 13.4. The molecule has 122 valence electrons. The molecule has 0 atom stereocenters. The molecule has 0 unspecified atom stereocenters. The van der Waals surface area contributed by atoms with Crippen LogP contribution in [0.15, 0.2) is 48.2 Å². The molecule has 0 saturated heterocycles. The molecule has 2 N–H and O–H groups in total. The summed E-state index contributed by atoms with van der Waals surface area (Å²) in [6.07, 6.45) is 1.05. The Morgan fingerprint density at radius 3 is 2.21 bits per heavy atom. The van der Waals surface area contributed by atoms with Gasteiger partial charge in [0.25, 0.3) is 11.8 Å². The van der Waals surface area contributed by atoms with Gasteiger partial charge < -0.3 is 10.4 Å². The van der Waals surface area contributed by atoms with Crippen molar-refractivity contribution in [2.45, 2.75) is 6.92 Å². The van der Waals surface area contributed by atoms with E-state index >= 15 is 0 Å². The van der Waals surface area contributed by atoms with Gasteiger partial charge in [-0.25, -0.2) is 13.7 Å². The molecule has 2 aromatic rings. The van der Waals surface area contributed by atoms with Gasteiger partial charge in [-0.2, -0.15) is 0 Å². The second kappa shape index (κ2) is 5.77. The number of benzene rings is 2. The standard InChI is InChI=1S/C17H12F2N2O3/c1-9-2-4-11(5-3-9)21-15(22)8-14(17(21)24)20-10-6-12(18)16(23)13(19)7-10/h2-8,20,23H,1H3. The first kappa shape index (κ1) is 15.7. The van der Waals surface area contributed by atoms with Crippen LogP contribution in [0, 0.1) is 18.6 Å². The summed E-state index contributed by atoms with van der Waals surface area (Å²) in [6.45, 7) is 1.87. The molecule has 0 bridgehead atoms. The van der Waals surface area contributed by atoms with E-state index in [1.807, 2.05) is 6.92 Å². The van der Waals surface area contributed by atoms with E-state index in [0.29, 0.717) is 5.69 Å². The van der Waals surface area contributed by atoms with Gasteiger partial charge in [-0.1, -0.05) is 17.7 Å². The summed E-state index contributed by atoms with van der Waals surface area (Å²) in [5.41, 5.74) is 1.15. The number of carbonyl (C=O) groups excluding carboxylic acids is 2. The second-order valence-electron chi connectivity index (χ2n) is 5.29. The monoisotopic (exact) mass is 330 g/mol. The Kier molecular flexibility index (Phi) is 3.76. The SMILES string of the molecule is Cc1ccc(N2C(=O)C=C(Nc3cc(F)c(O)c(F)c3)C2=O)cc1. The molecule has 1 aliphatic heterocycles. The molecular weight excluding hydrogens is 318 g/mol. The van der Waals surface area contributed by atoms with Crippen molar-refractivity contribution in [3.63, 3.8) is 0 Å². The Morgan fingerprint density at radius 2 is 1.62 bits per heavy atom. The highest BCUT2D eigenvalue weighted by atomic mass is 19.1. The van der Waals surface area contributed by atoms with Crippen molar-refractivity contribution in [3.8, 4) is 5.75 Å². The van der Waals surface area contributed by atoms with Gasteiger partial charge in [-0.05, 0) is 19.1 Å². The molecule has 1 heterocycles. The molecule has 5 nitrogen and oxygen atoms in total. The normalized spacial score (nSPS) is 14.1. The number of carbonyl (C=O) groups is 2. The number of imide groups is 1. The van der Waals surface area contributed by atoms with Crippen LogP contribution in [0.4, 0.5) is 20.2 Å². The van der Waals surface area contributed by atoms with Crippen LogP contribution in [0.1, 0.15) is 5.56 Å². The van der Waals surface area contributed by atoms with E-state index in [1.54, 1.807) is 24.3 Å². The smallest absolute Gasteiger partial charge is 0.281 e. The third kappa shape index (κ3) is 2.71. The van der Waals surface area contributed by atoms with Crippen molar-refractivity contribution in [3.05, 3.63) is 65.4 Å². The minimum absolute atomic E-state index is 0.0963. The van der Waals surface area contributed by atoms with E-state index < -0.39 is 29.2 Å². The summed E-state index contributed by atoms with van der Waals surface area (Å²) in [7, 11) is 0. The lowest BCUT2D eigenvalue weighted by atomic mass is 10.2. The maximum Gasteiger partial charge on any atom is 0.281 e. The highest BCUT2D eigenvalue weighted by Crippen LogP contribution is 2.27. The van der Waals surface area contributed by atoms with Crippen molar-refractivity contribution in [1.29, 1.82) is 0 Å². The Bertz CT molecular complexity index is 853. The van der Waals surface area contributed by atoms with Crippen molar-refractivity contribution < 1.29 is 23.5 Å². The summed E-state index contributed by atoms with van der Waals surface area (Å²) in [4.78, 5) is 25.4. The van der Waals surface area contributed by atoms with Crippen molar-refractivity contribution >= 4 is 23.2 Å². The summed E-state index contributed by atoms with van der Waals surface area (Å²) in [5, 5.41) is 11.6. The van der Waals surface area contributed by atoms with Gasteiger partial charge in [0.2, 0.25) is 0 Å². The molecule has 0 aromatic heterocycles.